The van der Waals surface area contributed by atoms with Crippen LogP contribution in [0.25, 0.3) is 0 Å². The van der Waals surface area contributed by atoms with Gasteiger partial charge in [-0.25, -0.2) is 4.79 Å². The minimum absolute atomic E-state index is 0.0386. The molecule has 0 aromatic rings. The Morgan fingerprint density at radius 3 is 2.00 bits per heavy atom. The number of hydrogen-bond donors (Lipinski definition) is 0. The molecule has 0 N–H and O–H groups in total. The molecule has 2 saturated heterocycles. The van der Waals surface area contributed by atoms with E-state index in [1.165, 1.54) is 0 Å². The maximum Gasteiger partial charge on any atom is 0.409 e. The smallest absolute Gasteiger partial charge is 0.409 e. The zero-order valence-electron chi connectivity index (χ0n) is 16.2. The van der Waals surface area contributed by atoms with Crippen LogP contribution in [-0.4, -0.2) is 66.8 Å². The Morgan fingerprint density at radius 1 is 0.920 bits per heavy atom. The lowest BCUT2D eigenvalue weighted by atomic mass is 9.94. The molecule has 0 aromatic heterocycles. The predicted molar refractivity (Wildman–Crippen MR) is 96.3 cm³/mol. The SMILES string of the molecule is CC(C)COC(=O)N1CCC(C(=O)N2CCC(OC(C)C)CC2)CC1. The standard InChI is InChI=1S/C19H34N2O4/c1-14(2)13-24-19(23)21-9-5-16(6-10-21)18(22)20-11-7-17(8-12-20)25-15(3)4/h14-17H,5-13H2,1-4H3. The van der Waals surface area contributed by atoms with Crippen molar-refractivity contribution >= 4 is 12.0 Å². The highest BCUT2D eigenvalue weighted by Crippen LogP contribution is 2.23. The van der Waals surface area contributed by atoms with Crippen LogP contribution in [0.5, 0.6) is 0 Å². The molecule has 0 unspecified atom stereocenters. The van der Waals surface area contributed by atoms with Gasteiger partial charge in [0.2, 0.25) is 5.91 Å². The van der Waals surface area contributed by atoms with E-state index in [-0.39, 0.29) is 30.1 Å². The first kappa shape index (κ1) is 20.0. The normalized spacial score (nSPS) is 20.4. The van der Waals surface area contributed by atoms with Crippen LogP contribution in [0.1, 0.15) is 53.4 Å². The summed E-state index contributed by atoms with van der Waals surface area (Å²) in [4.78, 5) is 28.4. The molecule has 2 heterocycles. The van der Waals surface area contributed by atoms with E-state index >= 15 is 0 Å². The molecule has 2 aliphatic rings. The van der Waals surface area contributed by atoms with Gasteiger partial charge >= 0.3 is 6.09 Å². The molecule has 0 radical (unpaired) electrons. The quantitative estimate of drug-likeness (QED) is 0.762. The van der Waals surface area contributed by atoms with E-state index < -0.39 is 0 Å². The maximum absolute atomic E-state index is 12.7. The van der Waals surface area contributed by atoms with Crippen molar-refractivity contribution < 1.29 is 19.1 Å². The summed E-state index contributed by atoms with van der Waals surface area (Å²) in [6.07, 6.45) is 3.59. The zero-order valence-corrected chi connectivity index (χ0v) is 16.2. The molecule has 0 aromatic carbocycles. The summed E-state index contributed by atoms with van der Waals surface area (Å²) in [5.41, 5.74) is 0. The maximum atomic E-state index is 12.7. The summed E-state index contributed by atoms with van der Waals surface area (Å²) in [6.45, 7) is 11.4. The summed E-state index contributed by atoms with van der Waals surface area (Å²) in [6, 6.07) is 0. The van der Waals surface area contributed by atoms with E-state index in [0.29, 0.717) is 25.6 Å². The molecule has 0 atom stereocenters. The van der Waals surface area contributed by atoms with Crippen LogP contribution in [0.4, 0.5) is 4.79 Å². The van der Waals surface area contributed by atoms with Gasteiger partial charge in [-0.05, 0) is 45.4 Å². The first-order valence-electron chi connectivity index (χ1n) is 9.72. The number of likely N-dealkylation sites (tertiary alicyclic amines) is 2. The molecule has 2 amide bonds. The lowest BCUT2D eigenvalue weighted by Gasteiger charge is -2.37. The highest BCUT2D eigenvalue weighted by Gasteiger charge is 2.32. The van der Waals surface area contributed by atoms with Crippen LogP contribution < -0.4 is 0 Å². The van der Waals surface area contributed by atoms with Crippen molar-refractivity contribution in [3.05, 3.63) is 0 Å². The number of amides is 2. The second kappa shape index (κ2) is 9.41. The highest BCUT2D eigenvalue weighted by atomic mass is 16.6. The lowest BCUT2D eigenvalue weighted by molar-refractivity contribution is -0.140. The average molecular weight is 354 g/mol. The first-order chi connectivity index (χ1) is 11.9. The van der Waals surface area contributed by atoms with E-state index in [9.17, 15) is 9.59 Å². The van der Waals surface area contributed by atoms with Crippen molar-refractivity contribution in [2.24, 2.45) is 11.8 Å². The Hall–Kier alpha value is -1.30. The molecule has 6 nitrogen and oxygen atoms in total. The molecule has 0 bridgehead atoms. The fourth-order valence-electron chi connectivity index (χ4n) is 3.49. The fraction of sp³-hybridized carbons (Fsp3) is 0.895. The molecular weight excluding hydrogens is 320 g/mol. The van der Waals surface area contributed by atoms with Crippen LogP contribution in [-0.2, 0) is 14.3 Å². The van der Waals surface area contributed by atoms with Crippen molar-refractivity contribution in [2.45, 2.75) is 65.6 Å². The van der Waals surface area contributed by atoms with E-state index in [1.54, 1.807) is 4.90 Å². The Balaban J connectivity index is 1.72. The van der Waals surface area contributed by atoms with Gasteiger partial charge in [-0.2, -0.15) is 0 Å². The van der Waals surface area contributed by atoms with Crippen LogP contribution >= 0.6 is 0 Å². The second-order valence-electron chi connectivity index (χ2n) is 7.94. The van der Waals surface area contributed by atoms with Crippen LogP contribution in [0.15, 0.2) is 0 Å². The molecule has 2 rings (SSSR count). The summed E-state index contributed by atoms with van der Waals surface area (Å²) in [5.74, 6) is 0.626. The molecule has 0 spiro atoms. The van der Waals surface area contributed by atoms with Crippen LogP contribution in [0, 0.1) is 11.8 Å². The molecule has 6 heteroatoms. The number of rotatable bonds is 5. The number of piperidine rings is 2. The average Bonchev–Trinajstić information content (AvgIpc) is 2.59. The first-order valence-corrected chi connectivity index (χ1v) is 9.72. The van der Waals surface area contributed by atoms with Gasteiger partial charge in [0.15, 0.2) is 0 Å². The Kier molecular flexibility index (Phi) is 7.54. The molecule has 0 aliphatic carbocycles. The summed E-state index contributed by atoms with van der Waals surface area (Å²) >= 11 is 0. The van der Waals surface area contributed by atoms with Gasteiger partial charge in [0.05, 0.1) is 18.8 Å². The van der Waals surface area contributed by atoms with Crippen molar-refractivity contribution in [2.75, 3.05) is 32.8 Å². The van der Waals surface area contributed by atoms with Crippen molar-refractivity contribution in [3.63, 3.8) is 0 Å². The molecular formula is C19H34N2O4. The predicted octanol–water partition coefficient (Wildman–Crippen LogP) is 2.91. The van der Waals surface area contributed by atoms with Gasteiger partial charge in [0.1, 0.15) is 0 Å². The number of carbonyl (C=O) groups excluding carboxylic acids is 2. The number of ether oxygens (including phenoxy) is 2. The minimum atomic E-state index is -0.244. The highest BCUT2D eigenvalue weighted by molar-refractivity contribution is 5.79. The minimum Gasteiger partial charge on any atom is -0.449 e. The lowest BCUT2D eigenvalue weighted by Crippen LogP contribution is -2.47. The molecule has 0 saturated carbocycles. The number of hydrogen-bond acceptors (Lipinski definition) is 4. The van der Waals surface area contributed by atoms with Gasteiger partial charge in [-0.3, -0.25) is 4.79 Å². The third-order valence-electron chi connectivity index (χ3n) is 4.86. The second-order valence-corrected chi connectivity index (χ2v) is 7.94. The van der Waals surface area contributed by atoms with E-state index in [1.807, 2.05) is 18.7 Å². The molecule has 2 aliphatic heterocycles. The van der Waals surface area contributed by atoms with Gasteiger partial charge < -0.3 is 19.3 Å². The monoisotopic (exact) mass is 354 g/mol. The van der Waals surface area contributed by atoms with Gasteiger partial charge in [0, 0.05) is 32.1 Å². The Morgan fingerprint density at radius 2 is 1.48 bits per heavy atom. The number of nitrogens with zero attached hydrogens (tertiary/aromatic N) is 2. The van der Waals surface area contributed by atoms with Crippen molar-refractivity contribution in [1.29, 1.82) is 0 Å². The number of carbonyl (C=O) groups is 2. The Bertz CT molecular complexity index is 437. The van der Waals surface area contributed by atoms with Crippen LogP contribution in [0.2, 0.25) is 0 Å². The largest absolute Gasteiger partial charge is 0.449 e. The van der Waals surface area contributed by atoms with E-state index in [2.05, 4.69) is 13.8 Å². The van der Waals surface area contributed by atoms with E-state index in [0.717, 1.165) is 38.8 Å². The summed E-state index contributed by atoms with van der Waals surface area (Å²) < 4.78 is 11.1. The zero-order chi connectivity index (χ0) is 18.4. The fourth-order valence-corrected chi connectivity index (χ4v) is 3.49. The van der Waals surface area contributed by atoms with Crippen molar-refractivity contribution in [1.82, 2.24) is 9.80 Å². The topological polar surface area (TPSA) is 59.1 Å². The van der Waals surface area contributed by atoms with Gasteiger partial charge in [-0.1, -0.05) is 13.8 Å². The van der Waals surface area contributed by atoms with Crippen LogP contribution in [0.3, 0.4) is 0 Å². The summed E-state index contributed by atoms with van der Waals surface area (Å²) in [5, 5.41) is 0. The van der Waals surface area contributed by atoms with E-state index in [4.69, 9.17) is 9.47 Å². The third kappa shape index (κ3) is 6.17. The summed E-state index contributed by atoms with van der Waals surface area (Å²) in [7, 11) is 0. The molecule has 25 heavy (non-hydrogen) atoms. The molecule has 2 fully saturated rings. The molecule has 144 valence electrons. The Labute approximate surface area is 151 Å². The third-order valence-corrected chi connectivity index (χ3v) is 4.86. The van der Waals surface area contributed by atoms with Gasteiger partial charge in [0.25, 0.3) is 0 Å². The van der Waals surface area contributed by atoms with Crippen molar-refractivity contribution in [3.8, 4) is 0 Å². The van der Waals surface area contributed by atoms with Gasteiger partial charge in [-0.15, -0.1) is 0 Å².